The molecule has 2 fully saturated rings. The largest absolute Gasteiger partial charge is 0.477 e. The van der Waals surface area contributed by atoms with Crippen molar-refractivity contribution >= 4 is 23.6 Å². The van der Waals surface area contributed by atoms with Gasteiger partial charge >= 0.3 is 0 Å². The molecule has 0 saturated carbocycles. The summed E-state index contributed by atoms with van der Waals surface area (Å²) in [4.78, 5) is 43.5. The fraction of sp³-hybridized carbons (Fsp3) is 0.545. The van der Waals surface area contributed by atoms with Gasteiger partial charge in [-0.05, 0) is 5.56 Å². The Labute approximate surface area is 188 Å². The second kappa shape index (κ2) is 9.12. The average molecular weight is 466 g/mol. The number of ether oxygens (including phenoxy) is 1. The van der Waals surface area contributed by atoms with Gasteiger partial charge < -0.3 is 15.4 Å². The van der Waals surface area contributed by atoms with E-state index in [1.807, 2.05) is 30.3 Å². The number of benzene rings is 1. The van der Waals surface area contributed by atoms with Crippen LogP contribution in [0.15, 0.2) is 35.3 Å². The zero-order chi connectivity index (χ0) is 23.8. The van der Waals surface area contributed by atoms with E-state index in [9.17, 15) is 27.6 Å². The highest BCUT2D eigenvalue weighted by Crippen LogP contribution is 2.31. The van der Waals surface area contributed by atoms with Gasteiger partial charge in [0.05, 0.1) is 25.6 Å². The summed E-state index contributed by atoms with van der Waals surface area (Å²) in [6.07, 6.45) is -2.98. The SMILES string of the molecule is N[C@@H](CC(=O)N1C[C@@H](F)C[C@H]1C1=N[C@@H](c2ccccc2)CO1)C(=O)N1CC(F)(F)CCC1=O. The number of nitrogens with two attached hydrogens (primary N) is 1. The molecule has 33 heavy (non-hydrogen) atoms. The third-order valence-corrected chi connectivity index (χ3v) is 6.08. The lowest BCUT2D eigenvalue weighted by molar-refractivity contribution is -0.160. The first kappa shape index (κ1) is 23.2. The topological polar surface area (TPSA) is 105 Å². The van der Waals surface area contributed by atoms with Crippen molar-refractivity contribution in [2.75, 3.05) is 19.7 Å². The molecule has 3 aliphatic rings. The van der Waals surface area contributed by atoms with Crippen molar-refractivity contribution in [1.29, 1.82) is 0 Å². The first-order valence-corrected chi connectivity index (χ1v) is 10.8. The number of rotatable bonds is 5. The van der Waals surface area contributed by atoms with E-state index in [1.165, 1.54) is 4.90 Å². The van der Waals surface area contributed by atoms with Crippen molar-refractivity contribution in [3.8, 4) is 0 Å². The molecule has 2 saturated heterocycles. The molecule has 0 bridgehead atoms. The van der Waals surface area contributed by atoms with Crippen LogP contribution in [0.5, 0.6) is 0 Å². The molecule has 3 amide bonds. The van der Waals surface area contributed by atoms with Gasteiger partial charge in [-0.3, -0.25) is 19.3 Å². The van der Waals surface area contributed by atoms with Crippen molar-refractivity contribution < 1.29 is 32.3 Å². The van der Waals surface area contributed by atoms with Crippen LogP contribution >= 0.6 is 0 Å². The molecule has 11 heteroatoms. The van der Waals surface area contributed by atoms with E-state index in [0.717, 1.165) is 5.56 Å². The number of carbonyl (C=O) groups is 3. The summed E-state index contributed by atoms with van der Waals surface area (Å²) in [5.41, 5.74) is 6.73. The van der Waals surface area contributed by atoms with Gasteiger partial charge in [-0.25, -0.2) is 18.2 Å². The highest BCUT2D eigenvalue weighted by atomic mass is 19.3. The van der Waals surface area contributed by atoms with Crippen molar-refractivity contribution in [2.24, 2.45) is 10.7 Å². The molecule has 1 aromatic carbocycles. The summed E-state index contributed by atoms with van der Waals surface area (Å²) in [6.45, 7) is -1.02. The molecule has 1 aromatic rings. The Morgan fingerprint density at radius 1 is 1.27 bits per heavy atom. The maximum absolute atomic E-state index is 14.2. The normalized spacial score (nSPS) is 27.8. The summed E-state index contributed by atoms with van der Waals surface area (Å²) >= 11 is 0. The third-order valence-electron chi connectivity index (χ3n) is 6.08. The summed E-state index contributed by atoms with van der Waals surface area (Å²) < 4.78 is 47.2. The van der Waals surface area contributed by atoms with Crippen LogP contribution in [-0.2, 0) is 19.1 Å². The number of piperidine rings is 1. The standard InChI is InChI=1S/C22H25F3N4O4/c23-14-8-17(20-27-16(11-33-20)13-4-2-1-3-5-13)28(10-14)19(31)9-15(26)21(32)29-12-22(24,25)7-6-18(29)30/h1-5,14-17H,6-12,26H2/t14-,15-,16+,17-/m0/s1. The van der Waals surface area contributed by atoms with Gasteiger partial charge in [0.25, 0.3) is 5.92 Å². The van der Waals surface area contributed by atoms with Gasteiger partial charge in [-0.2, -0.15) is 0 Å². The fourth-order valence-electron chi connectivity index (χ4n) is 4.33. The number of carbonyl (C=O) groups excluding carboxylic acids is 3. The number of imide groups is 1. The molecule has 0 spiro atoms. The molecule has 0 aromatic heterocycles. The van der Waals surface area contributed by atoms with E-state index in [0.29, 0.717) is 4.90 Å². The zero-order valence-corrected chi connectivity index (χ0v) is 17.8. The lowest BCUT2D eigenvalue weighted by Gasteiger charge is -2.32. The smallest absolute Gasteiger partial charge is 0.266 e. The maximum Gasteiger partial charge on any atom is 0.266 e. The highest BCUT2D eigenvalue weighted by Gasteiger charge is 2.45. The molecule has 3 aliphatic heterocycles. The molecule has 3 heterocycles. The van der Waals surface area contributed by atoms with Crippen LogP contribution in [0.4, 0.5) is 13.2 Å². The molecule has 0 aliphatic carbocycles. The van der Waals surface area contributed by atoms with Crippen LogP contribution < -0.4 is 5.73 Å². The predicted octanol–water partition coefficient (Wildman–Crippen LogP) is 1.60. The van der Waals surface area contributed by atoms with Gasteiger partial charge in [0, 0.05) is 19.3 Å². The number of alkyl halides is 3. The van der Waals surface area contributed by atoms with Gasteiger partial charge in [-0.1, -0.05) is 30.3 Å². The molecule has 8 nitrogen and oxygen atoms in total. The Morgan fingerprint density at radius 3 is 2.73 bits per heavy atom. The van der Waals surface area contributed by atoms with E-state index in [-0.39, 0.29) is 31.5 Å². The first-order chi connectivity index (χ1) is 15.6. The van der Waals surface area contributed by atoms with E-state index < -0.39 is 67.7 Å². The average Bonchev–Trinajstić information content (AvgIpc) is 3.42. The van der Waals surface area contributed by atoms with Crippen LogP contribution in [0, 0.1) is 0 Å². The Kier molecular flexibility index (Phi) is 6.42. The van der Waals surface area contributed by atoms with E-state index in [1.54, 1.807) is 0 Å². The van der Waals surface area contributed by atoms with Crippen molar-refractivity contribution in [1.82, 2.24) is 9.80 Å². The summed E-state index contributed by atoms with van der Waals surface area (Å²) in [5, 5.41) is 0. The second-order valence-corrected chi connectivity index (χ2v) is 8.58. The number of hydrogen-bond acceptors (Lipinski definition) is 6. The zero-order valence-electron chi connectivity index (χ0n) is 17.8. The minimum Gasteiger partial charge on any atom is -0.477 e. The van der Waals surface area contributed by atoms with Crippen LogP contribution in [0.2, 0.25) is 0 Å². The van der Waals surface area contributed by atoms with E-state index >= 15 is 0 Å². The Morgan fingerprint density at radius 2 is 2.00 bits per heavy atom. The number of halogens is 3. The molecule has 0 radical (unpaired) electrons. The monoisotopic (exact) mass is 466 g/mol. The molecule has 0 unspecified atom stereocenters. The number of amides is 3. The molecule has 2 N–H and O–H groups in total. The third kappa shape index (κ3) is 5.02. The van der Waals surface area contributed by atoms with Crippen molar-refractivity contribution in [3.05, 3.63) is 35.9 Å². The quantitative estimate of drug-likeness (QED) is 0.710. The molecular formula is C22H25F3N4O4. The lowest BCUT2D eigenvalue weighted by Crippen LogP contribution is -2.55. The van der Waals surface area contributed by atoms with Crippen LogP contribution in [-0.4, -0.2) is 77.3 Å². The molecule has 4 rings (SSSR count). The second-order valence-electron chi connectivity index (χ2n) is 8.58. The minimum atomic E-state index is -3.19. The molecular weight excluding hydrogens is 441 g/mol. The molecule has 178 valence electrons. The van der Waals surface area contributed by atoms with E-state index in [2.05, 4.69) is 4.99 Å². The van der Waals surface area contributed by atoms with Crippen LogP contribution in [0.1, 0.15) is 37.3 Å². The number of aliphatic imine (C=N–C) groups is 1. The maximum atomic E-state index is 14.2. The van der Waals surface area contributed by atoms with Crippen LogP contribution in [0.3, 0.4) is 0 Å². The van der Waals surface area contributed by atoms with Gasteiger partial charge in [-0.15, -0.1) is 0 Å². The van der Waals surface area contributed by atoms with Gasteiger partial charge in [0.15, 0.2) is 0 Å². The first-order valence-electron chi connectivity index (χ1n) is 10.8. The Balaban J connectivity index is 1.42. The van der Waals surface area contributed by atoms with Crippen molar-refractivity contribution in [3.63, 3.8) is 0 Å². The Bertz CT molecular complexity index is 958. The number of nitrogens with zero attached hydrogens (tertiary/aromatic N) is 3. The van der Waals surface area contributed by atoms with Gasteiger partial charge in [0.2, 0.25) is 23.6 Å². The lowest BCUT2D eigenvalue weighted by atomic mass is 10.0. The Hall–Kier alpha value is -2.95. The van der Waals surface area contributed by atoms with Crippen molar-refractivity contribution in [2.45, 2.75) is 55.9 Å². The van der Waals surface area contributed by atoms with Crippen LogP contribution in [0.25, 0.3) is 0 Å². The summed E-state index contributed by atoms with van der Waals surface area (Å²) in [7, 11) is 0. The summed E-state index contributed by atoms with van der Waals surface area (Å²) in [6, 6.07) is 6.88. The predicted molar refractivity (Wildman–Crippen MR) is 111 cm³/mol. The molecule has 4 atom stereocenters. The minimum absolute atomic E-state index is 0.00784. The highest BCUT2D eigenvalue weighted by molar-refractivity contribution is 6.00. The summed E-state index contributed by atoms with van der Waals surface area (Å²) in [5.74, 6) is -5.38. The number of likely N-dealkylation sites (tertiary alicyclic amines) is 2. The van der Waals surface area contributed by atoms with E-state index in [4.69, 9.17) is 10.5 Å². The van der Waals surface area contributed by atoms with Gasteiger partial charge in [0.1, 0.15) is 24.9 Å². The number of hydrogen-bond donors (Lipinski definition) is 1. The fourth-order valence-corrected chi connectivity index (χ4v) is 4.33.